The molecule has 2 heterocycles. The fourth-order valence-corrected chi connectivity index (χ4v) is 3.59. The van der Waals surface area contributed by atoms with Crippen molar-refractivity contribution >= 4 is 22.6 Å². The van der Waals surface area contributed by atoms with Crippen molar-refractivity contribution in [2.75, 3.05) is 19.5 Å². The van der Waals surface area contributed by atoms with Gasteiger partial charge in [-0.1, -0.05) is 30.3 Å². The molecule has 0 atom stereocenters. The molecule has 0 aliphatic carbocycles. The third-order valence-electron chi connectivity index (χ3n) is 5.19. The van der Waals surface area contributed by atoms with Gasteiger partial charge in [0.2, 0.25) is 0 Å². The maximum atomic E-state index is 13.1. The molecule has 9 nitrogen and oxygen atoms in total. The molecule has 0 saturated carbocycles. The van der Waals surface area contributed by atoms with Gasteiger partial charge < -0.3 is 24.3 Å². The van der Waals surface area contributed by atoms with Crippen molar-refractivity contribution in [1.82, 2.24) is 14.1 Å². The molecule has 9 heteroatoms. The van der Waals surface area contributed by atoms with Gasteiger partial charge in [0.25, 0.3) is 11.5 Å². The molecule has 2 aromatic carbocycles. The molecule has 0 bridgehead atoms. The number of fused-ring (bicyclic) bond motifs is 1. The lowest BCUT2D eigenvalue weighted by atomic mass is 10.2. The van der Waals surface area contributed by atoms with Crippen molar-refractivity contribution in [2.24, 2.45) is 7.05 Å². The highest BCUT2D eigenvalue weighted by Gasteiger charge is 2.21. The first kappa shape index (κ1) is 21.0. The minimum absolute atomic E-state index is 0.124. The van der Waals surface area contributed by atoms with Crippen molar-refractivity contribution in [3.05, 3.63) is 86.7 Å². The molecule has 0 spiro atoms. The van der Waals surface area contributed by atoms with E-state index in [0.29, 0.717) is 17.2 Å². The van der Waals surface area contributed by atoms with E-state index in [9.17, 15) is 14.4 Å². The summed E-state index contributed by atoms with van der Waals surface area (Å²) >= 11 is 0. The van der Waals surface area contributed by atoms with E-state index in [4.69, 9.17) is 9.47 Å². The molecule has 4 rings (SSSR count). The second-order valence-electron chi connectivity index (χ2n) is 7.20. The average molecular weight is 434 g/mol. The molecule has 0 fully saturated rings. The largest absolute Gasteiger partial charge is 0.497 e. The monoisotopic (exact) mass is 434 g/mol. The number of aromatic nitrogens is 3. The zero-order valence-corrected chi connectivity index (χ0v) is 17.8. The van der Waals surface area contributed by atoms with Crippen LogP contribution in [0.3, 0.4) is 0 Å². The van der Waals surface area contributed by atoms with Crippen LogP contribution >= 0.6 is 0 Å². The van der Waals surface area contributed by atoms with Crippen molar-refractivity contribution in [2.45, 2.75) is 6.54 Å². The van der Waals surface area contributed by atoms with Crippen molar-refractivity contribution in [1.29, 1.82) is 0 Å². The number of carbonyl (C=O) groups is 1. The number of nitrogens with zero attached hydrogens (tertiary/aromatic N) is 2. The number of H-pyrrole nitrogens is 1. The summed E-state index contributed by atoms with van der Waals surface area (Å²) in [7, 11) is 4.66. The van der Waals surface area contributed by atoms with Gasteiger partial charge in [-0.15, -0.1) is 0 Å². The van der Waals surface area contributed by atoms with Crippen LogP contribution in [0.2, 0.25) is 0 Å². The first-order chi connectivity index (χ1) is 15.4. The second-order valence-corrected chi connectivity index (χ2v) is 7.20. The van der Waals surface area contributed by atoms with Crippen LogP contribution in [0.1, 0.15) is 15.9 Å². The maximum Gasteiger partial charge on any atom is 0.329 e. The predicted octanol–water partition coefficient (Wildman–Crippen LogP) is 2.35. The first-order valence-corrected chi connectivity index (χ1v) is 9.82. The first-order valence-electron chi connectivity index (χ1n) is 9.82. The van der Waals surface area contributed by atoms with Gasteiger partial charge in [0.15, 0.2) is 0 Å². The molecule has 1 amide bonds. The van der Waals surface area contributed by atoms with Crippen LogP contribution in [0.4, 0.5) is 5.69 Å². The Bertz CT molecular complexity index is 1420. The molecule has 0 aliphatic heterocycles. The van der Waals surface area contributed by atoms with Crippen LogP contribution in [-0.4, -0.2) is 34.2 Å². The second kappa shape index (κ2) is 8.46. The summed E-state index contributed by atoms with van der Waals surface area (Å²) in [5.74, 6) is 0.479. The van der Waals surface area contributed by atoms with Gasteiger partial charge in [-0.05, 0) is 17.7 Å². The van der Waals surface area contributed by atoms with E-state index in [1.165, 1.54) is 25.0 Å². The Labute approximate surface area is 182 Å². The molecule has 32 heavy (non-hydrogen) atoms. The molecule has 0 aliphatic rings. The quantitative estimate of drug-likeness (QED) is 0.484. The fraction of sp³-hybridized carbons (Fsp3) is 0.174. The topological polar surface area (TPSA) is 107 Å². The van der Waals surface area contributed by atoms with Gasteiger partial charge in [-0.25, -0.2) is 4.79 Å². The van der Waals surface area contributed by atoms with Crippen LogP contribution < -0.4 is 26.0 Å². The van der Waals surface area contributed by atoms with E-state index in [-0.39, 0.29) is 23.1 Å². The number of hydrogen-bond donors (Lipinski definition) is 2. The Balaban J connectivity index is 1.76. The van der Waals surface area contributed by atoms with Crippen LogP contribution in [-0.2, 0) is 13.6 Å². The Morgan fingerprint density at radius 3 is 2.50 bits per heavy atom. The molecule has 164 valence electrons. The van der Waals surface area contributed by atoms with Crippen LogP contribution in [0.5, 0.6) is 11.5 Å². The zero-order chi connectivity index (χ0) is 22.8. The number of aryl methyl sites for hydroxylation is 1. The normalized spacial score (nSPS) is 10.8. The zero-order valence-electron chi connectivity index (χ0n) is 17.8. The highest BCUT2D eigenvalue weighted by atomic mass is 16.5. The van der Waals surface area contributed by atoms with E-state index in [2.05, 4.69) is 10.3 Å². The summed E-state index contributed by atoms with van der Waals surface area (Å²) in [6.45, 7) is 0.124. The number of ether oxygens (including phenoxy) is 2. The van der Waals surface area contributed by atoms with Crippen molar-refractivity contribution in [3.8, 4) is 11.5 Å². The molecule has 4 aromatic rings. The van der Waals surface area contributed by atoms with Crippen molar-refractivity contribution < 1.29 is 14.3 Å². The number of amides is 1. The van der Waals surface area contributed by atoms with Crippen LogP contribution in [0.25, 0.3) is 11.0 Å². The molecule has 0 radical (unpaired) electrons. The van der Waals surface area contributed by atoms with Crippen molar-refractivity contribution in [3.63, 3.8) is 0 Å². The van der Waals surface area contributed by atoms with Gasteiger partial charge in [-0.2, -0.15) is 0 Å². The molecular weight excluding hydrogens is 412 g/mol. The summed E-state index contributed by atoms with van der Waals surface area (Å²) in [5.41, 5.74) is 0.701. The number of hydrogen-bond acceptors (Lipinski definition) is 5. The Hall–Kier alpha value is -4.27. The van der Waals surface area contributed by atoms with Crippen LogP contribution in [0, 0.1) is 0 Å². The van der Waals surface area contributed by atoms with Crippen LogP contribution in [0.15, 0.2) is 64.3 Å². The SMILES string of the molecule is COc1ccc(OC)c(NC(=O)c2cn(C)c3c(=O)n(Cc4ccccc4)c(=O)[nH]c23)c1. The summed E-state index contributed by atoms with van der Waals surface area (Å²) < 4.78 is 13.2. The van der Waals surface area contributed by atoms with E-state index >= 15 is 0 Å². The predicted molar refractivity (Wildman–Crippen MR) is 121 cm³/mol. The molecule has 0 unspecified atom stereocenters. The Morgan fingerprint density at radius 1 is 1.06 bits per heavy atom. The fourth-order valence-electron chi connectivity index (χ4n) is 3.59. The average Bonchev–Trinajstić information content (AvgIpc) is 3.13. The van der Waals surface area contributed by atoms with Gasteiger partial charge in [0.1, 0.15) is 17.0 Å². The number of methoxy groups -OCH3 is 2. The highest BCUT2D eigenvalue weighted by Crippen LogP contribution is 2.29. The molecule has 2 aromatic heterocycles. The molecular formula is C23H22N4O5. The third-order valence-corrected chi connectivity index (χ3v) is 5.19. The standard InChI is InChI=1S/C23H22N4O5/c1-26-13-16(21(28)24-17-11-15(31-2)9-10-18(17)32-3)19-20(26)22(29)27(23(30)25-19)12-14-7-5-4-6-8-14/h4-11,13H,12H2,1-3H3,(H,24,28)(H,25,30). The third kappa shape index (κ3) is 3.76. The molecule has 0 saturated heterocycles. The number of anilines is 1. The van der Waals surface area contributed by atoms with Gasteiger partial charge in [-0.3, -0.25) is 14.2 Å². The summed E-state index contributed by atoms with van der Waals surface area (Å²) in [6.07, 6.45) is 1.51. The highest BCUT2D eigenvalue weighted by molar-refractivity contribution is 6.12. The lowest BCUT2D eigenvalue weighted by molar-refractivity contribution is 0.102. The van der Waals surface area contributed by atoms with E-state index in [1.807, 2.05) is 30.3 Å². The maximum absolute atomic E-state index is 13.1. The Morgan fingerprint density at radius 2 is 1.81 bits per heavy atom. The lowest BCUT2D eigenvalue weighted by Gasteiger charge is -2.11. The molecule has 2 N–H and O–H groups in total. The number of aromatic amines is 1. The Kier molecular flexibility index (Phi) is 5.55. The van der Waals surface area contributed by atoms with Gasteiger partial charge in [0, 0.05) is 19.3 Å². The number of benzene rings is 2. The summed E-state index contributed by atoms with van der Waals surface area (Å²) in [6, 6.07) is 14.2. The van der Waals surface area contributed by atoms with E-state index in [1.54, 1.807) is 25.2 Å². The minimum atomic E-state index is -0.592. The van der Waals surface area contributed by atoms with Gasteiger partial charge in [0.05, 0.1) is 37.5 Å². The number of nitrogens with one attached hydrogen (secondary N) is 2. The van der Waals surface area contributed by atoms with E-state index < -0.39 is 17.2 Å². The number of carbonyl (C=O) groups excluding carboxylic acids is 1. The lowest BCUT2D eigenvalue weighted by Crippen LogP contribution is -2.36. The van der Waals surface area contributed by atoms with Gasteiger partial charge >= 0.3 is 5.69 Å². The number of rotatable bonds is 6. The smallest absolute Gasteiger partial charge is 0.329 e. The summed E-state index contributed by atoms with van der Waals surface area (Å²) in [4.78, 5) is 41.6. The minimum Gasteiger partial charge on any atom is -0.497 e. The summed E-state index contributed by atoms with van der Waals surface area (Å²) in [5, 5.41) is 2.76. The van der Waals surface area contributed by atoms with E-state index in [0.717, 1.165) is 10.1 Å².